The van der Waals surface area contributed by atoms with E-state index < -0.39 is 0 Å². The molecule has 0 aliphatic carbocycles. The summed E-state index contributed by atoms with van der Waals surface area (Å²) in [4.78, 5) is 0. The predicted octanol–water partition coefficient (Wildman–Crippen LogP) is 4.19. The van der Waals surface area contributed by atoms with E-state index in [1.165, 1.54) is 17.7 Å². The molecule has 0 unspecified atom stereocenters. The van der Waals surface area contributed by atoms with Gasteiger partial charge in [-0.15, -0.1) is 0 Å². The molecule has 0 saturated carbocycles. The van der Waals surface area contributed by atoms with E-state index in [4.69, 9.17) is 4.74 Å². The summed E-state index contributed by atoms with van der Waals surface area (Å²) in [7, 11) is 1.69. The van der Waals surface area contributed by atoms with Crippen molar-refractivity contribution in [1.29, 1.82) is 0 Å². The summed E-state index contributed by atoms with van der Waals surface area (Å²) in [5.41, 5.74) is 3.28. The maximum atomic E-state index is 13.0. The second kappa shape index (κ2) is 6.86. The Morgan fingerprint density at radius 3 is 2.42 bits per heavy atom. The molecule has 2 nitrogen and oxygen atoms in total. The molecule has 0 heterocycles. The quantitative estimate of drug-likeness (QED) is 0.796. The molecule has 0 radical (unpaired) electrons. The topological polar surface area (TPSA) is 21.3 Å². The summed E-state index contributed by atoms with van der Waals surface area (Å²) >= 11 is 2.13. The van der Waals surface area contributed by atoms with Crippen molar-refractivity contribution in [3.8, 4) is 0 Å². The molecule has 0 saturated heterocycles. The lowest BCUT2D eigenvalue weighted by Crippen LogP contribution is -2.01. The molecule has 0 aliphatic heterocycles. The molecule has 2 aromatic rings. The van der Waals surface area contributed by atoms with Crippen molar-refractivity contribution < 1.29 is 9.13 Å². The van der Waals surface area contributed by atoms with Gasteiger partial charge in [0, 0.05) is 22.9 Å². The maximum absolute atomic E-state index is 13.0. The number of hydrogen-bond acceptors (Lipinski definition) is 2. The molecule has 0 fully saturated rings. The number of hydrogen-bond donors (Lipinski definition) is 1. The van der Waals surface area contributed by atoms with E-state index in [1.54, 1.807) is 13.2 Å². The molecule has 2 rings (SSSR count). The van der Waals surface area contributed by atoms with Gasteiger partial charge in [0.05, 0.1) is 6.61 Å². The number of anilines is 1. The zero-order valence-electron chi connectivity index (χ0n) is 10.6. The minimum atomic E-state index is -0.209. The number of halogens is 2. The number of nitrogens with one attached hydrogen (secondary N) is 1. The highest BCUT2D eigenvalue weighted by atomic mass is 127. The summed E-state index contributed by atoms with van der Waals surface area (Å²) in [6.07, 6.45) is 0. The monoisotopic (exact) mass is 371 g/mol. The Balaban J connectivity index is 1.98. The Morgan fingerprint density at radius 2 is 1.79 bits per heavy atom. The molecule has 19 heavy (non-hydrogen) atoms. The van der Waals surface area contributed by atoms with Crippen LogP contribution in [-0.4, -0.2) is 7.11 Å². The van der Waals surface area contributed by atoms with Crippen LogP contribution in [0.2, 0.25) is 0 Å². The lowest BCUT2D eigenvalue weighted by Gasteiger charge is -2.09. The zero-order valence-corrected chi connectivity index (χ0v) is 12.8. The van der Waals surface area contributed by atoms with Crippen LogP contribution in [0.5, 0.6) is 0 Å². The van der Waals surface area contributed by atoms with Crippen LogP contribution in [-0.2, 0) is 17.9 Å². The van der Waals surface area contributed by atoms with Crippen molar-refractivity contribution in [2.45, 2.75) is 13.2 Å². The number of methoxy groups -OCH3 is 1. The lowest BCUT2D eigenvalue weighted by molar-refractivity contribution is 0.185. The van der Waals surface area contributed by atoms with E-state index in [-0.39, 0.29) is 5.82 Å². The fourth-order valence-electron chi connectivity index (χ4n) is 1.75. The van der Waals surface area contributed by atoms with E-state index in [0.29, 0.717) is 6.61 Å². The van der Waals surface area contributed by atoms with Gasteiger partial charge in [0.2, 0.25) is 0 Å². The molecule has 0 atom stereocenters. The van der Waals surface area contributed by atoms with Crippen LogP contribution < -0.4 is 5.32 Å². The first-order valence-corrected chi connectivity index (χ1v) is 7.02. The van der Waals surface area contributed by atoms with Crippen molar-refractivity contribution >= 4 is 28.3 Å². The largest absolute Gasteiger partial charge is 0.380 e. The van der Waals surface area contributed by atoms with Crippen molar-refractivity contribution in [2.24, 2.45) is 0 Å². The molecule has 0 amide bonds. The number of ether oxygens (including phenoxy) is 1. The molecule has 0 aromatic heterocycles. The molecular formula is C15H15FINO. The molecule has 1 N–H and O–H groups in total. The second-order valence-electron chi connectivity index (χ2n) is 4.23. The summed E-state index contributed by atoms with van der Waals surface area (Å²) < 4.78 is 18.9. The molecule has 0 spiro atoms. The van der Waals surface area contributed by atoms with Gasteiger partial charge in [-0.05, 0) is 51.9 Å². The van der Waals surface area contributed by atoms with Gasteiger partial charge in [0.15, 0.2) is 0 Å². The van der Waals surface area contributed by atoms with Crippen LogP contribution in [0.4, 0.5) is 10.1 Å². The maximum Gasteiger partial charge on any atom is 0.124 e. The Hall–Kier alpha value is -1.14. The van der Waals surface area contributed by atoms with Crippen LogP contribution in [0.1, 0.15) is 11.1 Å². The van der Waals surface area contributed by atoms with E-state index in [9.17, 15) is 4.39 Å². The third-order valence-electron chi connectivity index (χ3n) is 2.75. The standard InChI is InChI=1S/C15H15FINO/c1-19-10-12-4-2-11(3-5-12)9-18-15-7-6-13(16)8-14(15)17/h2-8,18H,9-10H2,1H3. The predicted molar refractivity (Wildman–Crippen MR) is 83.6 cm³/mol. The first kappa shape index (κ1) is 14.3. The van der Waals surface area contributed by atoms with E-state index in [0.717, 1.165) is 21.4 Å². The van der Waals surface area contributed by atoms with Gasteiger partial charge < -0.3 is 10.1 Å². The summed E-state index contributed by atoms with van der Waals surface area (Å²) in [5.74, 6) is -0.209. The number of rotatable bonds is 5. The Bertz CT molecular complexity index is 542. The Morgan fingerprint density at radius 1 is 1.11 bits per heavy atom. The fourth-order valence-corrected chi connectivity index (χ4v) is 2.42. The van der Waals surface area contributed by atoms with Crippen molar-refractivity contribution in [1.82, 2.24) is 0 Å². The summed E-state index contributed by atoms with van der Waals surface area (Å²) in [6.45, 7) is 1.35. The minimum Gasteiger partial charge on any atom is -0.380 e. The van der Waals surface area contributed by atoms with Crippen LogP contribution >= 0.6 is 22.6 Å². The van der Waals surface area contributed by atoms with E-state index in [1.807, 2.05) is 0 Å². The second-order valence-corrected chi connectivity index (χ2v) is 5.39. The van der Waals surface area contributed by atoms with E-state index >= 15 is 0 Å². The average molecular weight is 371 g/mol. The van der Waals surface area contributed by atoms with Gasteiger partial charge in [-0.25, -0.2) is 4.39 Å². The van der Waals surface area contributed by atoms with Crippen LogP contribution in [0, 0.1) is 9.39 Å². The van der Waals surface area contributed by atoms with Gasteiger partial charge in [-0.3, -0.25) is 0 Å². The highest BCUT2D eigenvalue weighted by molar-refractivity contribution is 14.1. The first-order valence-electron chi connectivity index (χ1n) is 5.94. The first-order chi connectivity index (χ1) is 9.19. The van der Waals surface area contributed by atoms with Gasteiger partial charge in [0.1, 0.15) is 5.82 Å². The summed E-state index contributed by atoms with van der Waals surface area (Å²) in [6, 6.07) is 13.0. The highest BCUT2D eigenvalue weighted by Crippen LogP contribution is 2.19. The van der Waals surface area contributed by atoms with Gasteiger partial charge in [-0.1, -0.05) is 24.3 Å². The molecule has 0 aliphatic rings. The van der Waals surface area contributed by atoms with E-state index in [2.05, 4.69) is 52.2 Å². The molecule has 4 heteroatoms. The lowest BCUT2D eigenvalue weighted by atomic mass is 10.1. The van der Waals surface area contributed by atoms with Crippen LogP contribution in [0.25, 0.3) is 0 Å². The van der Waals surface area contributed by atoms with Crippen molar-refractivity contribution in [2.75, 3.05) is 12.4 Å². The van der Waals surface area contributed by atoms with Gasteiger partial charge in [-0.2, -0.15) is 0 Å². The Labute approximate surface area is 126 Å². The van der Waals surface area contributed by atoms with Crippen LogP contribution in [0.3, 0.4) is 0 Å². The highest BCUT2D eigenvalue weighted by Gasteiger charge is 2.01. The SMILES string of the molecule is COCc1ccc(CNc2ccc(F)cc2I)cc1. The van der Waals surface area contributed by atoms with Gasteiger partial charge in [0.25, 0.3) is 0 Å². The third kappa shape index (κ3) is 4.18. The fraction of sp³-hybridized carbons (Fsp3) is 0.200. The van der Waals surface area contributed by atoms with Crippen molar-refractivity contribution in [3.63, 3.8) is 0 Å². The third-order valence-corrected chi connectivity index (χ3v) is 3.64. The molecule has 100 valence electrons. The smallest absolute Gasteiger partial charge is 0.124 e. The number of benzene rings is 2. The normalized spacial score (nSPS) is 10.5. The average Bonchev–Trinajstić information content (AvgIpc) is 2.40. The molecule has 2 aromatic carbocycles. The zero-order chi connectivity index (χ0) is 13.7. The molecular weight excluding hydrogens is 356 g/mol. The van der Waals surface area contributed by atoms with Crippen molar-refractivity contribution in [3.05, 3.63) is 63.0 Å². The minimum absolute atomic E-state index is 0.209. The molecule has 0 bridgehead atoms. The van der Waals surface area contributed by atoms with Gasteiger partial charge >= 0.3 is 0 Å². The summed E-state index contributed by atoms with van der Waals surface area (Å²) in [5, 5.41) is 3.30. The van der Waals surface area contributed by atoms with Crippen LogP contribution in [0.15, 0.2) is 42.5 Å². The Kier molecular flexibility index (Phi) is 5.15.